The first-order valence-electron chi connectivity index (χ1n) is 11.3. The van der Waals surface area contributed by atoms with Crippen LogP contribution in [-0.2, 0) is 0 Å². The number of nitriles is 1. The van der Waals surface area contributed by atoms with Crippen molar-refractivity contribution in [3.05, 3.63) is 107 Å². The van der Waals surface area contributed by atoms with Gasteiger partial charge in [0.1, 0.15) is 34.5 Å². The van der Waals surface area contributed by atoms with Crippen molar-refractivity contribution in [3.63, 3.8) is 0 Å². The first kappa shape index (κ1) is 22.9. The van der Waals surface area contributed by atoms with Crippen molar-refractivity contribution >= 4 is 0 Å². The normalized spacial score (nSPS) is 19.4. The van der Waals surface area contributed by atoms with Crippen molar-refractivity contribution in [2.45, 2.75) is 23.7 Å². The fourth-order valence-electron chi connectivity index (χ4n) is 5.54. The first-order valence-corrected chi connectivity index (χ1v) is 11.3. The van der Waals surface area contributed by atoms with Gasteiger partial charge in [-0.25, -0.2) is 0 Å². The molecule has 0 saturated heterocycles. The summed E-state index contributed by atoms with van der Waals surface area (Å²) in [6.07, 6.45) is 0. The number of nitrogens with zero attached hydrogens (tertiary/aromatic N) is 1. The van der Waals surface area contributed by atoms with Gasteiger partial charge in [-0.1, -0.05) is 24.3 Å². The minimum Gasteiger partial charge on any atom is -0.508 e. The highest BCUT2D eigenvalue weighted by Crippen LogP contribution is 2.62. The van der Waals surface area contributed by atoms with Gasteiger partial charge < -0.3 is 30.6 Å². The number of aromatic hydroxyl groups is 6. The topological polar surface area (TPSA) is 145 Å². The predicted octanol–water partition coefficient (Wildman–Crippen LogP) is 5.24. The third-order valence-corrected chi connectivity index (χ3v) is 6.90. The van der Waals surface area contributed by atoms with E-state index in [1.54, 1.807) is 24.3 Å². The maximum Gasteiger partial charge on any atom is 0.123 e. The second-order valence-electron chi connectivity index (χ2n) is 9.07. The smallest absolute Gasteiger partial charge is 0.123 e. The number of rotatable bonds is 4. The maximum atomic E-state index is 11.0. The van der Waals surface area contributed by atoms with E-state index in [-0.39, 0.29) is 34.5 Å². The molecular weight excluding hydrogens is 458 g/mol. The quantitative estimate of drug-likeness (QED) is 0.234. The molecule has 180 valence electrons. The fraction of sp³-hybridized carbons (Fsp3) is 0.138. The van der Waals surface area contributed by atoms with Gasteiger partial charge in [-0.3, -0.25) is 0 Å². The van der Waals surface area contributed by atoms with Crippen molar-refractivity contribution < 1.29 is 30.6 Å². The molecule has 0 radical (unpaired) electrons. The molecule has 1 aliphatic carbocycles. The molecule has 4 aromatic rings. The van der Waals surface area contributed by atoms with Crippen LogP contribution in [0.3, 0.4) is 0 Å². The second-order valence-corrected chi connectivity index (χ2v) is 9.07. The first-order chi connectivity index (χ1) is 17.3. The number of benzene rings is 4. The van der Waals surface area contributed by atoms with Crippen molar-refractivity contribution in [1.29, 1.82) is 5.26 Å². The molecule has 0 bridgehead atoms. The lowest BCUT2D eigenvalue weighted by Crippen LogP contribution is -2.17. The van der Waals surface area contributed by atoms with Crippen LogP contribution >= 0.6 is 0 Å². The zero-order chi connectivity index (χ0) is 25.6. The molecule has 0 unspecified atom stereocenters. The minimum atomic E-state index is -0.776. The molecule has 4 atom stereocenters. The van der Waals surface area contributed by atoms with Gasteiger partial charge in [0.2, 0.25) is 0 Å². The average Bonchev–Trinajstić information content (AvgIpc) is 3.16. The van der Waals surface area contributed by atoms with Crippen LogP contribution in [0.1, 0.15) is 51.5 Å². The average molecular weight is 482 g/mol. The molecule has 1 aliphatic rings. The lowest BCUT2D eigenvalue weighted by molar-refractivity contribution is 0.440. The molecule has 0 fully saturated rings. The minimum absolute atomic E-state index is 0.0500. The van der Waals surface area contributed by atoms with Gasteiger partial charge in [-0.2, -0.15) is 5.26 Å². The van der Waals surface area contributed by atoms with Gasteiger partial charge in [-0.05, 0) is 64.7 Å². The SMILES string of the molecule is N#C[C@@H](c1ccc(O)cc1)[C@H]1c2cc(O)cc(O)c2[C@@H](c2ccc(O)cc2)[C@@H]1c1cc(O)cc(O)c1. The van der Waals surface area contributed by atoms with Crippen LogP contribution in [0.25, 0.3) is 0 Å². The van der Waals surface area contributed by atoms with E-state index in [1.807, 2.05) is 0 Å². The molecule has 0 saturated carbocycles. The summed E-state index contributed by atoms with van der Waals surface area (Å²) in [4.78, 5) is 0. The van der Waals surface area contributed by atoms with E-state index in [2.05, 4.69) is 6.07 Å². The van der Waals surface area contributed by atoms with E-state index >= 15 is 0 Å². The zero-order valence-corrected chi connectivity index (χ0v) is 18.9. The maximum absolute atomic E-state index is 11.0. The highest BCUT2D eigenvalue weighted by Gasteiger charge is 2.48. The third-order valence-electron chi connectivity index (χ3n) is 6.90. The summed E-state index contributed by atoms with van der Waals surface area (Å²) < 4.78 is 0. The van der Waals surface area contributed by atoms with Crippen LogP contribution in [0.2, 0.25) is 0 Å². The Morgan fingerprint density at radius 3 is 1.75 bits per heavy atom. The van der Waals surface area contributed by atoms with Crippen LogP contribution in [0.15, 0.2) is 78.9 Å². The fourth-order valence-corrected chi connectivity index (χ4v) is 5.54. The molecule has 0 spiro atoms. The van der Waals surface area contributed by atoms with Crippen LogP contribution < -0.4 is 0 Å². The summed E-state index contributed by atoms with van der Waals surface area (Å²) >= 11 is 0. The number of hydrogen-bond acceptors (Lipinski definition) is 7. The highest BCUT2D eigenvalue weighted by molar-refractivity contribution is 5.61. The molecule has 0 aliphatic heterocycles. The van der Waals surface area contributed by atoms with Crippen molar-refractivity contribution in [1.82, 2.24) is 0 Å². The molecule has 4 aromatic carbocycles. The molecule has 36 heavy (non-hydrogen) atoms. The number of hydrogen-bond donors (Lipinski definition) is 6. The predicted molar refractivity (Wildman–Crippen MR) is 131 cm³/mol. The lowest BCUT2D eigenvalue weighted by Gasteiger charge is -2.30. The molecule has 7 nitrogen and oxygen atoms in total. The standard InChI is InChI=1S/C29H23NO6/c30-14-24(15-1-5-18(31)6-2-15)28-23-12-22(35)13-25(36)29(23)26(16-3-7-19(32)8-4-16)27(28)17-9-20(33)11-21(34)10-17/h1-13,24,26-28,31-36H/t24-,26-,27-,28+/m0/s1. The van der Waals surface area contributed by atoms with E-state index < -0.39 is 23.7 Å². The van der Waals surface area contributed by atoms with Crippen LogP contribution in [0, 0.1) is 11.3 Å². The van der Waals surface area contributed by atoms with Crippen molar-refractivity contribution in [2.24, 2.45) is 0 Å². The molecule has 0 heterocycles. The van der Waals surface area contributed by atoms with Gasteiger partial charge >= 0.3 is 0 Å². The number of fused-ring (bicyclic) bond motifs is 1. The van der Waals surface area contributed by atoms with E-state index in [9.17, 15) is 35.9 Å². The largest absolute Gasteiger partial charge is 0.508 e. The Bertz CT molecular complexity index is 1450. The summed E-state index contributed by atoms with van der Waals surface area (Å²) in [7, 11) is 0. The highest BCUT2D eigenvalue weighted by atomic mass is 16.3. The molecule has 5 rings (SSSR count). The molecule has 6 N–H and O–H groups in total. The van der Waals surface area contributed by atoms with Crippen LogP contribution in [-0.4, -0.2) is 30.6 Å². The van der Waals surface area contributed by atoms with Crippen molar-refractivity contribution in [3.8, 4) is 40.6 Å². The monoisotopic (exact) mass is 481 g/mol. The van der Waals surface area contributed by atoms with Gasteiger partial charge in [0.05, 0.1) is 12.0 Å². The van der Waals surface area contributed by atoms with Gasteiger partial charge in [0.15, 0.2) is 0 Å². The van der Waals surface area contributed by atoms with Crippen molar-refractivity contribution in [2.75, 3.05) is 0 Å². The Labute approximate surface area is 207 Å². The molecule has 0 amide bonds. The Balaban J connectivity index is 1.82. The third kappa shape index (κ3) is 3.89. The molecular formula is C29H23NO6. The Morgan fingerprint density at radius 1 is 0.611 bits per heavy atom. The van der Waals surface area contributed by atoms with Gasteiger partial charge in [0.25, 0.3) is 0 Å². The molecule has 0 aromatic heterocycles. The number of phenolic OH excluding ortho intramolecular Hbond substituents is 6. The lowest BCUT2D eigenvalue weighted by atomic mass is 9.72. The summed E-state index contributed by atoms with van der Waals surface area (Å²) in [5.41, 5.74) is 2.95. The second kappa shape index (κ2) is 8.75. The van der Waals surface area contributed by atoms with Gasteiger partial charge in [-0.15, -0.1) is 0 Å². The Morgan fingerprint density at radius 2 is 1.17 bits per heavy atom. The summed E-state index contributed by atoms with van der Waals surface area (Å²) in [5.74, 6) is -3.01. The Kier molecular flexibility index (Phi) is 5.57. The van der Waals surface area contributed by atoms with E-state index in [1.165, 1.54) is 54.6 Å². The summed E-state index contributed by atoms with van der Waals surface area (Å²) in [6, 6.07) is 22.1. The summed E-state index contributed by atoms with van der Waals surface area (Å²) in [5, 5.41) is 72.1. The number of phenols is 6. The van der Waals surface area contributed by atoms with E-state index in [0.29, 0.717) is 22.3 Å². The van der Waals surface area contributed by atoms with Crippen LogP contribution in [0.5, 0.6) is 34.5 Å². The van der Waals surface area contributed by atoms with E-state index in [4.69, 9.17) is 0 Å². The van der Waals surface area contributed by atoms with Crippen LogP contribution in [0.4, 0.5) is 0 Å². The van der Waals surface area contributed by atoms with Gasteiger partial charge in [0, 0.05) is 35.4 Å². The Hall–Kier alpha value is -4.83. The molecule has 7 heteroatoms. The zero-order valence-electron chi connectivity index (χ0n) is 18.9. The summed E-state index contributed by atoms with van der Waals surface area (Å²) in [6.45, 7) is 0. The van der Waals surface area contributed by atoms with E-state index in [0.717, 1.165) is 5.56 Å².